The number of rotatable bonds is 15. The topological polar surface area (TPSA) is 72.7 Å². The first-order valence-corrected chi connectivity index (χ1v) is 11.8. The van der Waals surface area contributed by atoms with E-state index in [1.54, 1.807) is 0 Å². The second-order valence-corrected chi connectivity index (χ2v) is 8.43. The van der Waals surface area contributed by atoms with E-state index >= 15 is 0 Å². The van der Waals surface area contributed by atoms with Gasteiger partial charge in [-0.15, -0.1) is 15.0 Å². The smallest absolute Gasteiger partial charge is 0.251 e. The van der Waals surface area contributed by atoms with Gasteiger partial charge >= 0.3 is 0 Å². The Balaban J connectivity index is 1.79. The molecule has 166 valence electrons. The number of hydrogen-bond donors (Lipinski definition) is 1. The molecular formula is C24H39N5O. The Morgan fingerprint density at radius 2 is 1.53 bits per heavy atom. The predicted octanol–water partition coefficient (Wildman–Crippen LogP) is 5.25. The van der Waals surface area contributed by atoms with Crippen molar-refractivity contribution in [3.63, 3.8) is 0 Å². The molecule has 0 aliphatic carbocycles. The first-order valence-electron chi connectivity index (χ1n) is 11.8. The molecule has 0 saturated carbocycles. The Morgan fingerprint density at radius 1 is 0.933 bits per heavy atom. The number of hydrogen-bond acceptors (Lipinski definition) is 4. The summed E-state index contributed by atoms with van der Waals surface area (Å²) in [5, 5.41) is 15.9. The lowest BCUT2D eigenvalue weighted by Gasteiger charge is -2.17. The van der Waals surface area contributed by atoms with Crippen LogP contribution in [0.15, 0.2) is 30.3 Å². The summed E-state index contributed by atoms with van der Waals surface area (Å²) < 4.78 is 0. The van der Waals surface area contributed by atoms with Crippen LogP contribution in [-0.2, 0) is 11.2 Å². The second kappa shape index (κ2) is 13.9. The number of carbonyl (C=O) groups excluding carboxylic acids is 1. The van der Waals surface area contributed by atoms with Gasteiger partial charge in [0.25, 0.3) is 5.91 Å². The third-order valence-electron chi connectivity index (χ3n) is 5.25. The van der Waals surface area contributed by atoms with Gasteiger partial charge in [0, 0.05) is 12.5 Å². The van der Waals surface area contributed by atoms with Gasteiger partial charge < -0.3 is 5.32 Å². The van der Waals surface area contributed by atoms with Gasteiger partial charge in [0.2, 0.25) is 0 Å². The van der Waals surface area contributed by atoms with Crippen molar-refractivity contribution in [1.29, 1.82) is 0 Å². The molecule has 0 fully saturated rings. The molecule has 1 aromatic heterocycles. The zero-order chi connectivity index (χ0) is 21.6. The van der Waals surface area contributed by atoms with E-state index in [0.717, 1.165) is 18.4 Å². The van der Waals surface area contributed by atoms with E-state index in [0.29, 0.717) is 5.82 Å². The summed E-state index contributed by atoms with van der Waals surface area (Å²) in [6.45, 7) is 6.16. The number of carbonyl (C=O) groups is 1. The van der Waals surface area contributed by atoms with Crippen LogP contribution in [0.4, 0.5) is 0 Å². The highest BCUT2D eigenvalue weighted by atomic mass is 16.2. The molecule has 1 unspecified atom stereocenters. The number of aromatic nitrogens is 4. The van der Waals surface area contributed by atoms with Gasteiger partial charge in [0.1, 0.15) is 0 Å². The monoisotopic (exact) mass is 413 g/mol. The molecule has 0 radical (unpaired) electrons. The summed E-state index contributed by atoms with van der Waals surface area (Å²) in [7, 11) is 0. The first kappa shape index (κ1) is 24.0. The maximum atomic E-state index is 12.8. The van der Waals surface area contributed by atoms with Crippen molar-refractivity contribution >= 4 is 5.91 Å². The van der Waals surface area contributed by atoms with Crippen LogP contribution in [0.2, 0.25) is 0 Å². The largest absolute Gasteiger partial charge is 0.352 e. The maximum Gasteiger partial charge on any atom is 0.251 e. The Hall–Kier alpha value is -2.24. The van der Waals surface area contributed by atoms with Crippen molar-refractivity contribution < 1.29 is 4.79 Å². The normalized spacial score (nSPS) is 12.3. The quantitative estimate of drug-likeness (QED) is 0.405. The van der Waals surface area contributed by atoms with Crippen LogP contribution in [0.1, 0.15) is 102 Å². The fourth-order valence-corrected chi connectivity index (χ4v) is 3.62. The number of amides is 1. The zero-order valence-corrected chi connectivity index (χ0v) is 19.0. The van der Waals surface area contributed by atoms with E-state index < -0.39 is 6.04 Å². The number of unbranched alkanes of at least 4 members (excludes halogenated alkanes) is 9. The summed E-state index contributed by atoms with van der Waals surface area (Å²) in [6.07, 6.45) is 13.8. The molecule has 2 aromatic rings. The fraction of sp³-hybridized carbons (Fsp3) is 0.667. The van der Waals surface area contributed by atoms with E-state index in [1.165, 1.54) is 62.6 Å². The van der Waals surface area contributed by atoms with Crippen LogP contribution in [0.3, 0.4) is 0 Å². The highest BCUT2D eigenvalue weighted by molar-refractivity contribution is 5.83. The van der Waals surface area contributed by atoms with Gasteiger partial charge in [-0.1, -0.05) is 95.0 Å². The molecule has 0 aliphatic rings. The van der Waals surface area contributed by atoms with Gasteiger partial charge in [-0.05, 0) is 31.0 Å². The SMILES string of the molecule is CCCCCCCCCCCCc1nnn(C(C(=O)NC(C)C)c2ccccc2)n1. The van der Waals surface area contributed by atoms with Crippen LogP contribution < -0.4 is 5.32 Å². The third-order valence-corrected chi connectivity index (χ3v) is 5.25. The highest BCUT2D eigenvalue weighted by Gasteiger charge is 2.25. The molecule has 0 saturated heterocycles. The minimum Gasteiger partial charge on any atom is -0.352 e. The predicted molar refractivity (Wildman–Crippen MR) is 121 cm³/mol. The summed E-state index contributed by atoms with van der Waals surface area (Å²) in [5.41, 5.74) is 0.860. The standard InChI is InChI=1S/C24H39N5O/c1-4-5-6-7-8-9-10-11-12-16-19-22-26-28-29(27-22)23(24(30)25-20(2)3)21-17-14-13-15-18-21/h13-15,17-18,20,23H,4-12,16,19H2,1-3H3,(H,25,30). The van der Waals surface area contributed by atoms with Crippen LogP contribution in [0, 0.1) is 0 Å². The Kier molecular flexibility index (Phi) is 11.1. The van der Waals surface area contributed by atoms with Crippen molar-refractivity contribution in [2.75, 3.05) is 0 Å². The molecule has 2 rings (SSSR count). The van der Waals surface area contributed by atoms with Gasteiger partial charge in [-0.3, -0.25) is 4.79 Å². The third kappa shape index (κ3) is 8.64. The van der Waals surface area contributed by atoms with E-state index in [1.807, 2.05) is 44.2 Å². The molecule has 0 bridgehead atoms. The van der Waals surface area contributed by atoms with Crippen LogP contribution in [-0.4, -0.2) is 32.2 Å². The van der Waals surface area contributed by atoms with Crippen molar-refractivity contribution in [3.05, 3.63) is 41.7 Å². The Bertz CT molecular complexity index is 713. The average molecular weight is 414 g/mol. The van der Waals surface area contributed by atoms with E-state index in [-0.39, 0.29) is 11.9 Å². The molecule has 1 amide bonds. The molecule has 1 heterocycles. The number of benzene rings is 1. The molecule has 30 heavy (non-hydrogen) atoms. The fourth-order valence-electron chi connectivity index (χ4n) is 3.62. The molecular weight excluding hydrogens is 374 g/mol. The molecule has 1 atom stereocenters. The van der Waals surface area contributed by atoms with Gasteiger partial charge in [-0.25, -0.2) is 0 Å². The van der Waals surface area contributed by atoms with Crippen LogP contribution >= 0.6 is 0 Å². The summed E-state index contributed by atoms with van der Waals surface area (Å²) in [5.74, 6) is 0.604. The summed E-state index contributed by atoms with van der Waals surface area (Å²) >= 11 is 0. The molecule has 1 N–H and O–H groups in total. The van der Waals surface area contributed by atoms with Gasteiger partial charge in [0.15, 0.2) is 11.9 Å². The lowest BCUT2D eigenvalue weighted by Crippen LogP contribution is -2.38. The maximum absolute atomic E-state index is 12.8. The van der Waals surface area contributed by atoms with Crippen molar-refractivity contribution in [2.45, 2.75) is 103 Å². The van der Waals surface area contributed by atoms with Crippen molar-refractivity contribution in [3.8, 4) is 0 Å². The number of nitrogens with one attached hydrogen (secondary N) is 1. The average Bonchev–Trinajstić information content (AvgIpc) is 3.18. The van der Waals surface area contributed by atoms with E-state index in [4.69, 9.17) is 0 Å². The highest BCUT2D eigenvalue weighted by Crippen LogP contribution is 2.17. The molecule has 6 heteroatoms. The van der Waals surface area contributed by atoms with Crippen molar-refractivity contribution in [1.82, 2.24) is 25.5 Å². The number of nitrogens with zero attached hydrogens (tertiary/aromatic N) is 4. The minimum absolute atomic E-state index is 0.0540. The lowest BCUT2D eigenvalue weighted by molar-refractivity contribution is -0.124. The van der Waals surface area contributed by atoms with Gasteiger partial charge in [-0.2, -0.15) is 0 Å². The number of aryl methyl sites for hydroxylation is 1. The first-order chi connectivity index (χ1) is 14.6. The zero-order valence-electron chi connectivity index (χ0n) is 19.0. The van der Waals surface area contributed by atoms with Gasteiger partial charge in [0.05, 0.1) is 0 Å². The lowest BCUT2D eigenvalue weighted by atomic mass is 10.1. The second-order valence-electron chi connectivity index (χ2n) is 8.43. The van der Waals surface area contributed by atoms with Crippen LogP contribution in [0.5, 0.6) is 0 Å². The van der Waals surface area contributed by atoms with E-state index in [2.05, 4.69) is 27.7 Å². The Morgan fingerprint density at radius 3 is 2.13 bits per heavy atom. The molecule has 0 aliphatic heterocycles. The molecule has 1 aromatic carbocycles. The van der Waals surface area contributed by atoms with E-state index in [9.17, 15) is 4.79 Å². The summed E-state index contributed by atoms with van der Waals surface area (Å²) in [4.78, 5) is 14.2. The summed E-state index contributed by atoms with van der Waals surface area (Å²) in [6, 6.07) is 9.10. The Labute approximate surface area is 181 Å². The minimum atomic E-state index is -0.595. The molecule has 6 nitrogen and oxygen atoms in total. The van der Waals surface area contributed by atoms with Crippen LogP contribution in [0.25, 0.3) is 0 Å². The van der Waals surface area contributed by atoms with Crippen molar-refractivity contribution in [2.24, 2.45) is 0 Å². The number of tetrazole rings is 1. The molecule has 0 spiro atoms.